The molecule has 7 heteroatoms. The summed E-state index contributed by atoms with van der Waals surface area (Å²) in [6.07, 6.45) is 2.48. The van der Waals surface area contributed by atoms with Crippen LogP contribution in [0.2, 0.25) is 0 Å². The highest BCUT2D eigenvalue weighted by atomic mass is 16.5. The number of aromatic nitrogens is 2. The van der Waals surface area contributed by atoms with Gasteiger partial charge in [0.05, 0.1) is 11.1 Å². The molecule has 24 heavy (non-hydrogen) atoms. The van der Waals surface area contributed by atoms with Crippen LogP contribution in [-0.2, 0) is 9.53 Å². The van der Waals surface area contributed by atoms with Gasteiger partial charge in [0.2, 0.25) is 0 Å². The molecule has 1 aliphatic heterocycles. The molecular formula is C17H19N3O4. The van der Waals surface area contributed by atoms with Crippen LogP contribution < -0.4 is 5.32 Å². The predicted octanol–water partition coefficient (Wildman–Crippen LogP) is 1.48. The predicted molar refractivity (Wildman–Crippen MR) is 86.0 cm³/mol. The summed E-state index contributed by atoms with van der Waals surface area (Å²) in [6, 6.07) is 11.1. The van der Waals surface area contributed by atoms with Crippen LogP contribution in [0.1, 0.15) is 23.3 Å². The fraction of sp³-hybridized carbons (Fsp3) is 0.353. The van der Waals surface area contributed by atoms with E-state index in [-0.39, 0.29) is 18.1 Å². The summed E-state index contributed by atoms with van der Waals surface area (Å²) in [7, 11) is 0. The number of hydrogen-bond acceptors (Lipinski definition) is 4. The fourth-order valence-electron chi connectivity index (χ4n) is 2.74. The van der Waals surface area contributed by atoms with E-state index in [0.717, 1.165) is 5.69 Å². The third-order valence-corrected chi connectivity index (χ3v) is 4.33. The molecule has 2 aromatic rings. The summed E-state index contributed by atoms with van der Waals surface area (Å²) in [6.45, 7) is 0.859. The van der Waals surface area contributed by atoms with Gasteiger partial charge in [-0.05, 0) is 31.0 Å². The lowest BCUT2D eigenvalue weighted by atomic mass is 9.80. The zero-order valence-electron chi connectivity index (χ0n) is 13.1. The van der Waals surface area contributed by atoms with Gasteiger partial charge in [0.15, 0.2) is 5.69 Å². The number of nitrogens with one attached hydrogen (secondary N) is 1. The van der Waals surface area contributed by atoms with Gasteiger partial charge in [-0.2, -0.15) is 5.10 Å². The molecule has 0 saturated carbocycles. The van der Waals surface area contributed by atoms with Crippen LogP contribution in [0.4, 0.5) is 0 Å². The number of aliphatic carboxylic acids is 1. The smallest absolute Gasteiger partial charge is 0.311 e. The SMILES string of the molecule is O=C(NCC1(C(=O)O)CCOCC1)c1ccn(-c2ccccc2)n1. The van der Waals surface area contributed by atoms with Crippen LogP contribution in [0.3, 0.4) is 0 Å². The lowest BCUT2D eigenvalue weighted by Crippen LogP contribution is -2.46. The van der Waals surface area contributed by atoms with Gasteiger partial charge in [0.25, 0.3) is 5.91 Å². The number of ether oxygens (including phenoxy) is 1. The molecule has 0 aliphatic carbocycles. The molecule has 3 rings (SSSR count). The molecule has 1 aromatic carbocycles. The average Bonchev–Trinajstić information content (AvgIpc) is 3.11. The minimum absolute atomic E-state index is 0.0721. The van der Waals surface area contributed by atoms with Crippen LogP contribution in [-0.4, -0.2) is 46.5 Å². The number of hydrogen-bond donors (Lipinski definition) is 2. The first kappa shape index (κ1) is 16.2. The molecule has 1 saturated heterocycles. The first-order chi connectivity index (χ1) is 11.6. The van der Waals surface area contributed by atoms with E-state index in [2.05, 4.69) is 10.4 Å². The molecule has 0 spiro atoms. The molecule has 0 bridgehead atoms. The summed E-state index contributed by atoms with van der Waals surface area (Å²) < 4.78 is 6.83. The highest BCUT2D eigenvalue weighted by molar-refractivity contribution is 5.92. The number of amides is 1. The maximum absolute atomic E-state index is 12.3. The van der Waals surface area contributed by atoms with Crippen molar-refractivity contribution < 1.29 is 19.4 Å². The van der Waals surface area contributed by atoms with E-state index >= 15 is 0 Å². The van der Waals surface area contributed by atoms with E-state index in [4.69, 9.17) is 4.74 Å². The van der Waals surface area contributed by atoms with Crippen LogP contribution >= 0.6 is 0 Å². The topological polar surface area (TPSA) is 93.5 Å². The van der Waals surface area contributed by atoms with Crippen LogP contribution in [0.5, 0.6) is 0 Å². The zero-order valence-corrected chi connectivity index (χ0v) is 13.1. The van der Waals surface area contributed by atoms with E-state index in [1.54, 1.807) is 16.9 Å². The van der Waals surface area contributed by atoms with Gasteiger partial charge in [-0.3, -0.25) is 9.59 Å². The van der Waals surface area contributed by atoms with Gasteiger partial charge < -0.3 is 15.2 Å². The molecule has 1 aliphatic rings. The lowest BCUT2D eigenvalue weighted by Gasteiger charge is -2.32. The Bertz CT molecular complexity index is 720. The van der Waals surface area contributed by atoms with Gasteiger partial charge in [0, 0.05) is 26.0 Å². The molecule has 0 unspecified atom stereocenters. The quantitative estimate of drug-likeness (QED) is 0.867. The van der Waals surface area contributed by atoms with E-state index in [9.17, 15) is 14.7 Å². The second-order valence-electron chi connectivity index (χ2n) is 5.86. The molecule has 126 valence electrons. The van der Waals surface area contributed by atoms with Crippen molar-refractivity contribution in [2.45, 2.75) is 12.8 Å². The van der Waals surface area contributed by atoms with E-state index in [1.807, 2.05) is 30.3 Å². The Morgan fingerprint density at radius 3 is 2.58 bits per heavy atom. The molecule has 0 atom stereocenters. The zero-order chi connectivity index (χ0) is 17.0. The van der Waals surface area contributed by atoms with E-state index < -0.39 is 11.4 Å². The fourth-order valence-corrected chi connectivity index (χ4v) is 2.74. The molecular weight excluding hydrogens is 310 g/mol. The molecule has 2 N–H and O–H groups in total. The second kappa shape index (κ2) is 6.84. The Morgan fingerprint density at radius 1 is 1.21 bits per heavy atom. The monoisotopic (exact) mass is 329 g/mol. The third-order valence-electron chi connectivity index (χ3n) is 4.33. The first-order valence-corrected chi connectivity index (χ1v) is 7.81. The summed E-state index contributed by atoms with van der Waals surface area (Å²) in [5, 5.41) is 16.4. The lowest BCUT2D eigenvalue weighted by molar-refractivity contribution is -0.154. The van der Waals surface area contributed by atoms with Crippen molar-refractivity contribution in [2.75, 3.05) is 19.8 Å². The Hall–Kier alpha value is -2.67. The summed E-state index contributed by atoms with van der Waals surface area (Å²) in [4.78, 5) is 23.9. The normalized spacial score (nSPS) is 16.5. The third kappa shape index (κ3) is 3.30. The van der Waals surface area contributed by atoms with Crippen molar-refractivity contribution in [2.24, 2.45) is 5.41 Å². The van der Waals surface area contributed by atoms with Gasteiger partial charge in [-0.25, -0.2) is 4.68 Å². The molecule has 1 amide bonds. The number of benzene rings is 1. The Kier molecular flexibility index (Phi) is 4.61. The minimum Gasteiger partial charge on any atom is -0.481 e. The number of carbonyl (C=O) groups is 2. The van der Waals surface area contributed by atoms with Crippen molar-refractivity contribution in [1.29, 1.82) is 0 Å². The number of carbonyl (C=O) groups excluding carboxylic acids is 1. The summed E-state index contributed by atoms with van der Waals surface area (Å²) in [5.74, 6) is -1.28. The van der Waals surface area contributed by atoms with Gasteiger partial charge >= 0.3 is 5.97 Å². The van der Waals surface area contributed by atoms with Gasteiger partial charge in [-0.1, -0.05) is 18.2 Å². The Labute approximate surface area is 139 Å². The number of para-hydroxylation sites is 1. The summed E-state index contributed by atoms with van der Waals surface area (Å²) in [5.41, 5.74) is 0.144. The van der Waals surface area contributed by atoms with Crippen molar-refractivity contribution in [3.8, 4) is 5.69 Å². The number of carboxylic acids is 1. The highest BCUT2D eigenvalue weighted by Crippen LogP contribution is 2.30. The maximum atomic E-state index is 12.3. The van der Waals surface area contributed by atoms with Crippen LogP contribution in [0, 0.1) is 5.41 Å². The molecule has 0 radical (unpaired) electrons. The second-order valence-corrected chi connectivity index (χ2v) is 5.86. The highest BCUT2D eigenvalue weighted by Gasteiger charge is 2.40. The number of carboxylic acid groups (broad SMARTS) is 1. The first-order valence-electron chi connectivity index (χ1n) is 7.81. The molecule has 1 fully saturated rings. The summed E-state index contributed by atoms with van der Waals surface area (Å²) >= 11 is 0. The standard InChI is InChI=1S/C17H19N3O4/c21-15(18-12-17(16(22)23)7-10-24-11-8-17)14-6-9-20(19-14)13-4-2-1-3-5-13/h1-6,9H,7-8,10-12H2,(H,18,21)(H,22,23). The number of nitrogens with zero attached hydrogens (tertiary/aromatic N) is 2. The van der Waals surface area contributed by atoms with Crippen LogP contribution in [0.25, 0.3) is 5.69 Å². The Balaban J connectivity index is 1.67. The van der Waals surface area contributed by atoms with Gasteiger partial charge in [0.1, 0.15) is 0 Å². The maximum Gasteiger partial charge on any atom is 0.311 e. The van der Waals surface area contributed by atoms with E-state index in [0.29, 0.717) is 26.1 Å². The number of rotatable bonds is 5. The van der Waals surface area contributed by atoms with Crippen molar-refractivity contribution in [3.05, 3.63) is 48.3 Å². The van der Waals surface area contributed by atoms with Crippen molar-refractivity contribution >= 4 is 11.9 Å². The molecule has 1 aromatic heterocycles. The minimum atomic E-state index is -0.962. The van der Waals surface area contributed by atoms with E-state index in [1.165, 1.54) is 0 Å². The largest absolute Gasteiger partial charge is 0.481 e. The molecule has 7 nitrogen and oxygen atoms in total. The molecule has 2 heterocycles. The van der Waals surface area contributed by atoms with Crippen molar-refractivity contribution in [3.63, 3.8) is 0 Å². The van der Waals surface area contributed by atoms with Crippen LogP contribution in [0.15, 0.2) is 42.6 Å². The Morgan fingerprint density at radius 2 is 1.92 bits per heavy atom. The van der Waals surface area contributed by atoms with Gasteiger partial charge in [-0.15, -0.1) is 0 Å². The van der Waals surface area contributed by atoms with Crippen molar-refractivity contribution in [1.82, 2.24) is 15.1 Å². The average molecular weight is 329 g/mol.